The Balaban J connectivity index is 2.04. The quantitative estimate of drug-likeness (QED) is 0.338. The highest BCUT2D eigenvalue weighted by molar-refractivity contribution is 9.10. The van der Waals surface area contributed by atoms with Gasteiger partial charge in [0.05, 0.1) is 10.7 Å². The average Bonchev–Trinajstić information content (AvgIpc) is 2.46. The molecule has 0 amide bonds. The Morgan fingerprint density at radius 2 is 1.95 bits per heavy atom. The molecule has 4 nitrogen and oxygen atoms in total. The number of anilines is 1. The standard InChI is InChI=1S/C14H13BrClN3O/c15-11-5-6-13(12(16)7-11)18-8-9-1-3-10(4-2-9)14(17)19-20/h1-7,18,20H,8H2,(H2,17,19). The van der Waals surface area contributed by atoms with Gasteiger partial charge in [-0.3, -0.25) is 0 Å². The summed E-state index contributed by atoms with van der Waals surface area (Å²) in [5.74, 6) is 0.0977. The van der Waals surface area contributed by atoms with Gasteiger partial charge in [-0.1, -0.05) is 57.0 Å². The number of nitrogens with one attached hydrogen (secondary N) is 1. The molecule has 0 aliphatic heterocycles. The topological polar surface area (TPSA) is 70.6 Å². The van der Waals surface area contributed by atoms with Gasteiger partial charge in [0.25, 0.3) is 0 Å². The third kappa shape index (κ3) is 3.65. The van der Waals surface area contributed by atoms with Crippen LogP contribution < -0.4 is 11.1 Å². The Kier molecular flexibility index (Phi) is 4.87. The Bertz CT molecular complexity index is 629. The van der Waals surface area contributed by atoms with Gasteiger partial charge in [0.2, 0.25) is 0 Å². The Morgan fingerprint density at radius 1 is 1.25 bits per heavy atom. The number of benzene rings is 2. The first-order chi connectivity index (χ1) is 9.60. The van der Waals surface area contributed by atoms with Crippen LogP contribution in [0.3, 0.4) is 0 Å². The minimum atomic E-state index is 0.0977. The lowest BCUT2D eigenvalue weighted by molar-refractivity contribution is 0.318. The summed E-state index contributed by atoms with van der Waals surface area (Å²) in [7, 11) is 0. The van der Waals surface area contributed by atoms with Gasteiger partial charge in [0.1, 0.15) is 0 Å². The molecule has 0 bridgehead atoms. The first kappa shape index (κ1) is 14.7. The van der Waals surface area contributed by atoms with Crippen LogP contribution >= 0.6 is 27.5 Å². The van der Waals surface area contributed by atoms with Crippen LogP contribution in [0.25, 0.3) is 0 Å². The van der Waals surface area contributed by atoms with Crippen molar-refractivity contribution >= 4 is 39.1 Å². The summed E-state index contributed by atoms with van der Waals surface area (Å²) in [5.41, 5.74) is 8.12. The van der Waals surface area contributed by atoms with Crippen molar-refractivity contribution in [3.63, 3.8) is 0 Å². The van der Waals surface area contributed by atoms with Gasteiger partial charge in [0, 0.05) is 16.6 Å². The second-order valence-electron chi connectivity index (χ2n) is 4.16. The van der Waals surface area contributed by atoms with E-state index in [-0.39, 0.29) is 5.84 Å². The minimum Gasteiger partial charge on any atom is -0.409 e. The number of nitrogens with zero attached hydrogens (tertiary/aromatic N) is 1. The molecule has 0 saturated heterocycles. The molecule has 0 aliphatic carbocycles. The molecule has 2 rings (SSSR count). The highest BCUT2D eigenvalue weighted by Crippen LogP contribution is 2.26. The molecule has 0 unspecified atom stereocenters. The zero-order valence-electron chi connectivity index (χ0n) is 10.5. The molecule has 2 aromatic rings. The van der Waals surface area contributed by atoms with Gasteiger partial charge in [-0.2, -0.15) is 0 Å². The molecular weight excluding hydrogens is 342 g/mol. The van der Waals surface area contributed by atoms with Crippen LogP contribution in [-0.2, 0) is 6.54 Å². The number of halogens is 2. The normalized spacial score (nSPS) is 11.4. The number of hydrogen-bond acceptors (Lipinski definition) is 3. The molecule has 2 aromatic carbocycles. The highest BCUT2D eigenvalue weighted by atomic mass is 79.9. The van der Waals surface area contributed by atoms with Crippen molar-refractivity contribution in [2.75, 3.05) is 5.32 Å². The molecular formula is C14H13BrClN3O. The lowest BCUT2D eigenvalue weighted by atomic mass is 10.1. The predicted molar refractivity (Wildman–Crippen MR) is 85.4 cm³/mol. The van der Waals surface area contributed by atoms with Crippen LogP contribution in [0.2, 0.25) is 5.02 Å². The number of nitrogens with two attached hydrogens (primary N) is 1. The summed E-state index contributed by atoms with van der Waals surface area (Å²) in [6.45, 7) is 0.637. The van der Waals surface area contributed by atoms with E-state index in [1.165, 1.54) is 0 Å². The van der Waals surface area contributed by atoms with Crippen molar-refractivity contribution in [2.45, 2.75) is 6.54 Å². The molecule has 4 N–H and O–H groups in total. The molecule has 0 aromatic heterocycles. The van der Waals surface area contributed by atoms with Crippen molar-refractivity contribution in [3.05, 3.63) is 63.1 Å². The smallest absolute Gasteiger partial charge is 0.170 e. The van der Waals surface area contributed by atoms with Crippen LogP contribution in [0.5, 0.6) is 0 Å². The molecule has 6 heteroatoms. The van der Waals surface area contributed by atoms with E-state index in [1.807, 2.05) is 30.3 Å². The molecule has 0 saturated carbocycles. The predicted octanol–water partition coefficient (Wildman–Crippen LogP) is 3.81. The van der Waals surface area contributed by atoms with Crippen LogP contribution in [0.1, 0.15) is 11.1 Å². The second-order valence-corrected chi connectivity index (χ2v) is 5.48. The fraction of sp³-hybridized carbons (Fsp3) is 0.0714. The van der Waals surface area contributed by atoms with E-state index in [9.17, 15) is 0 Å². The van der Waals surface area contributed by atoms with Crippen molar-refractivity contribution in [3.8, 4) is 0 Å². The number of oxime groups is 1. The van der Waals surface area contributed by atoms with E-state index in [0.29, 0.717) is 17.1 Å². The molecule has 0 heterocycles. The van der Waals surface area contributed by atoms with Crippen LogP contribution in [0, 0.1) is 0 Å². The van der Waals surface area contributed by atoms with Gasteiger partial charge in [-0.05, 0) is 23.8 Å². The van der Waals surface area contributed by atoms with Crippen LogP contribution in [-0.4, -0.2) is 11.0 Å². The molecule has 0 spiro atoms. The third-order valence-corrected chi connectivity index (χ3v) is 3.58. The Morgan fingerprint density at radius 3 is 2.55 bits per heavy atom. The van der Waals surface area contributed by atoms with Gasteiger partial charge in [-0.15, -0.1) is 0 Å². The molecule has 0 radical (unpaired) electrons. The lowest BCUT2D eigenvalue weighted by Gasteiger charge is -2.09. The molecule has 0 fully saturated rings. The zero-order valence-corrected chi connectivity index (χ0v) is 12.8. The van der Waals surface area contributed by atoms with E-state index in [0.717, 1.165) is 15.7 Å². The van der Waals surface area contributed by atoms with Crippen molar-refractivity contribution in [1.82, 2.24) is 0 Å². The summed E-state index contributed by atoms with van der Waals surface area (Å²) < 4.78 is 0.941. The highest BCUT2D eigenvalue weighted by Gasteiger charge is 2.02. The number of amidine groups is 1. The Labute approximate surface area is 130 Å². The van der Waals surface area contributed by atoms with Gasteiger partial charge < -0.3 is 16.3 Å². The summed E-state index contributed by atoms with van der Waals surface area (Å²) in [4.78, 5) is 0. The second kappa shape index (κ2) is 6.63. The minimum absolute atomic E-state index is 0.0977. The van der Waals surface area contributed by atoms with E-state index in [1.54, 1.807) is 12.1 Å². The van der Waals surface area contributed by atoms with Crippen molar-refractivity contribution < 1.29 is 5.21 Å². The van der Waals surface area contributed by atoms with Crippen molar-refractivity contribution in [2.24, 2.45) is 10.9 Å². The van der Waals surface area contributed by atoms with E-state index in [2.05, 4.69) is 26.4 Å². The first-order valence-electron chi connectivity index (χ1n) is 5.86. The lowest BCUT2D eigenvalue weighted by Crippen LogP contribution is -2.13. The molecule has 0 atom stereocenters. The maximum Gasteiger partial charge on any atom is 0.170 e. The summed E-state index contributed by atoms with van der Waals surface area (Å²) >= 11 is 9.49. The largest absolute Gasteiger partial charge is 0.409 e. The van der Waals surface area contributed by atoms with E-state index in [4.69, 9.17) is 22.5 Å². The third-order valence-electron chi connectivity index (χ3n) is 2.77. The van der Waals surface area contributed by atoms with Crippen LogP contribution in [0.4, 0.5) is 5.69 Å². The monoisotopic (exact) mass is 353 g/mol. The average molecular weight is 355 g/mol. The fourth-order valence-corrected chi connectivity index (χ4v) is 2.42. The maximum absolute atomic E-state index is 8.59. The molecule has 20 heavy (non-hydrogen) atoms. The van der Waals surface area contributed by atoms with Crippen LogP contribution in [0.15, 0.2) is 52.1 Å². The summed E-state index contributed by atoms with van der Waals surface area (Å²) in [6.07, 6.45) is 0. The summed E-state index contributed by atoms with van der Waals surface area (Å²) in [5, 5.41) is 15.5. The number of hydrogen-bond donors (Lipinski definition) is 3. The zero-order chi connectivity index (χ0) is 14.5. The van der Waals surface area contributed by atoms with Crippen molar-refractivity contribution in [1.29, 1.82) is 0 Å². The van der Waals surface area contributed by atoms with Gasteiger partial charge in [-0.25, -0.2) is 0 Å². The van der Waals surface area contributed by atoms with Gasteiger partial charge >= 0.3 is 0 Å². The summed E-state index contributed by atoms with van der Waals surface area (Å²) in [6, 6.07) is 13.1. The number of rotatable bonds is 4. The van der Waals surface area contributed by atoms with E-state index >= 15 is 0 Å². The molecule has 104 valence electrons. The fourth-order valence-electron chi connectivity index (χ4n) is 1.68. The first-order valence-corrected chi connectivity index (χ1v) is 7.03. The van der Waals surface area contributed by atoms with Gasteiger partial charge in [0.15, 0.2) is 5.84 Å². The SMILES string of the molecule is NC(=NO)c1ccc(CNc2ccc(Br)cc2Cl)cc1. The van der Waals surface area contributed by atoms with E-state index < -0.39 is 0 Å². The Hall–Kier alpha value is -1.72. The maximum atomic E-state index is 8.59. The molecule has 0 aliphatic rings.